The molecule has 0 bridgehead atoms. The summed E-state index contributed by atoms with van der Waals surface area (Å²) < 4.78 is 0. The third kappa shape index (κ3) is 1.57. The van der Waals surface area contributed by atoms with Crippen molar-refractivity contribution in [3.05, 3.63) is 0 Å². The van der Waals surface area contributed by atoms with Gasteiger partial charge in [0.1, 0.15) is 5.78 Å². The highest BCUT2D eigenvalue weighted by molar-refractivity contribution is 6.00. The summed E-state index contributed by atoms with van der Waals surface area (Å²) in [6, 6.07) is 0. The van der Waals surface area contributed by atoms with Crippen LogP contribution in [0.2, 0.25) is 0 Å². The summed E-state index contributed by atoms with van der Waals surface area (Å²) in [7, 11) is 0. The first-order valence-electron chi connectivity index (χ1n) is 6.06. The van der Waals surface area contributed by atoms with Gasteiger partial charge < -0.3 is 4.90 Å². The monoisotopic (exact) mass is 223 g/mol. The van der Waals surface area contributed by atoms with Crippen LogP contribution in [0.1, 0.15) is 40.5 Å². The molecule has 1 saturated carbocycles. The van der Waals surface area contributed by atoms with Crippen LogP contribution < -0.4 is 0 Å². The van der Waals surface area contributed by atoms with Gasteiger partial charge >= 0.3 is 0 Å². The number of nitrogens with zero attached hydrogens (tertiary/aromatic N) is 1. The summed E-state index contributed by atoms with van der Waals surface area (Å²) in [5.74, 6) is 0.683. The van der Waals surface area contributed by atoms with Crippen LogP contribution >= 0.6 is 0 Å². The molecule has 1 saturated heterocycles. The van der Waals surface area contributed by atoms with Gasteiger partial charge in [0, 0.05) is 19.5 Å². The molecule has 90 valence electrons. The van der Waals surface area contributed by atoms with Crippen molar-refractivity contribution in [2.24, 2.45) is 16.7 Å². The fraction of sp³-hybridized carbons (Fsp3) is 0.846. The van der Waals surface area contributed by atoms with Crippen LogP contribution in [0.4, 0.5) is 0 Å². The number of carbonyl (C=O) groups excluding carboxylic acids is 2. The lowest BCUT2D eigenvalue weighted by molar-refractivity contribution is -0.139. The maximum Gasteiger partial charge on any atom is 0.230 e. The predicted octanol–water partition coefficient (Wildman–Crippen LogP) is 1.86. The zero-order chi connectivity index (χ0) is 12.1. The summed E-state index contributed by atoms with van der Waals surface area (Å²) >= 11 is 0. The second-order valence-electron chi connectivity index (χ2n) is 6.30. The number of hydrogen-bond acceptors (Lipinski definition) is 2. The molecular weight excluding hydrogens is 202 g/mol. The molecule has 1 heterocycles. The highest BCUT2D eigenvalue weighted by atomic mass is 16.2. The van der Waals surface area contributed by atoms with Crippen molar-refractivity contribution in [3.63, 3.8) is 0 Å². The quantitative estimate of drug-likeness (QED) is 0.670. The lowest BCUT2D eigenvalue weighted by Crippen LogP contribution is -2.40. The van der Waals surface area contributed by atoms with Crippen LogP contribution in [0.5, 0.6) is 0 Å². The van der Waals surface area contributed by atoms with E-state index in [1.165, 1.54) is 0 Å². The summed E-state index contributed by atoms with van der Waals surface area (Å²) in [5.41, 5.74) is 0.628. The van der Waals surface area contributed by atoms with Gasteiger partial charge in [0.15, 0.2) is 0 Å². The van der Waals surface area contributed by atoms with Gasteiger partial charge in [-0.05, 0) is 16.7 Å². The number of amides is 1. The van der Waals surface area contributed by atoms with Crippen LogP contribution in [0.25, 0.3) is 0 Å². The van der Waals surface area contributed by atoms with E-state index < -0.39 is 0 Å². The molecule has 1 aliphatic heterocycles. The Morgan fingerprint density at radius 3 is 2.19 bits per heavy atom. The Hall–Kier alpha value is -0.860. The minimum absolute atomic E-state index is 0.0229. The molecule has 0 spiro atoms. The first kappa shape index (κ1) is 11.6. The molecule has 1 amide bonds. The van der Waals surface area contributed by atoms with Gasteiger partial charge in [-0.15, -0.1) is 0 Å². The average Bonchev–Trinajstić information content (AvgIpc) is 2.52. The predicted molar refractivity (Wildman–Crippen MR) is 61.9 cm³/mol. The molecule has 0 aromatic heterocycles. The van der Waals surface area contributed by atoms with Gasteiger partial charge in [-0.2, -0.15) is 0 Å². The van der Waals surface area contributed by atoms with E-state index in [1.807, 2.05) is 4.90 Å². The number of ketones is 1. The molecule has 0 radical (unpaired) electrons. The molecular formula is C13H21NO2. The Bertz CT molecular complexity index is 330. The highest BCUT2D eigenvalue weighted by Crippen LogP contribution is 2.68. The van der Waals surface area contributed by atoms with Gasteiger partial charge in [-0.1, -0.05) is 27.7 Å². The van der Waals surface area contributed by atoms with E-state index in [4.69, 9.17) is 0 Å². The molecule has 3 heteroatoms. The van der Waals surface area contributed by atoms with Crippen LogP contribution in [-0.4, -0.2) is 29.7 Å². The summed E-state index contributed by atoms with van der Waals surface area (Å²) in [5, 5.41) is 0. The van der Waals surface area contributed by atoms with Crippen LogP contribution in [-0.2, 0) is 9.59 Å². The molecule has 3 nitrogen and oxygen atoms in total. The number of piperidine rings is 1. The zero-order valence-corrected chi connectivity index (χ0v) is 10.7. The SMILES string of the molecule is CC1(C)C(CN2CCC(=O)CC2=O)C1(C)C. The maximum absolute atomic E-state index is 11.7. The van der Waals surface area contributed by atoms with E-state index in [1.54, 1.807) is 0 Å². The molecule has 2 fully saturated rings. The van der Waals surface area contributed by atoms with E-state index >= 15 is 0 Å². The van der Waals surface area contributed by atoms with Crippen molar-refractivity contribution in [3.8, 4) is 0 Å². The second-order valence-corrected chi connectivity index (χ2v) is 6.30. The number of Topliss-reactive ketones (excluding diaryl/α,β-unsaturated/α-hetero) is 1. The Morgan fingerprint density at radius 2 is 1.75 bits per heavy atom. The minimum Gasteiger partial charge on any atom is -0.342 e. The standard InChI is InChI=1S/C13H21NO2/c1-12(2)10(13(12,3)4)8-14-6-5-9(15)7-11(14)16/h10H,5-8H2,1-4H3. The first-order chi connectivity index (χ1) is 7.26. The molecule has 0 aromatic carbocycles. The van der Waals surface area contributed by atoms with Gasteiger partial charge in [0.2, 0.25) is 5.91 Å². The van der Waals surface area contributed by atoms with Crippen LogP contribution in [0, 0.1) is 16.7 Å². The zero-order valence-electron chi connectivity index (χ0n) is 10.7. The Balaban J connectivity index is 1.97. The highest BCUT2D eigenvalue weighted by Gasteiger charge is 2.64. The average molecular weight is 223 g/mol. The fourth-order valence-corrected chi connectivity index (χ4v) is 2.96. The molecule has 0 unspecified atom stereocenters. The molecule has 2 aliphatic rings. The lowest BCUT2D eigenvalue weighted by Gasteiger charge is -2.26. The lowest BCUT2D eigenvalue weighted by atomic mass is 10.0. The van der Waals surface area contributed by atoms with Gasteiger partial charge in [-0.3, -0.25) is 9.59 Å². The molecule has 16 heavy (non-hydrogen) atoms. The third-order valence-corrected chi connectivity index (χ3v) is 5.08. The number of likely N-dealkylation sites (tertiary alicyclic amines) is 1. The van der Waals surface area contributed by atoms with Crippen LogP contribution in [0.15, 0.2) is 0 Å². The van der Waals surface area contributed by atoms with Gasteiger partial charge in [0.05, 0.1) is 6.42 Å². The maximum atomic E-state index is 11.7. The fourth-order valence-electron chi connectivity index (χ4n) is 2.96. The number of hydrogen-bond donors (Lipinski definition) is 0. The second kappa shape index (κ2) is 3.31. The first-order valence-corrected chi connectivity index (χ1v) is 6.06. The van der Waals surface area contributed by atoms with E-state index in [-0.39, 0.29) is 18.1 Å². The van der Waals surface area contributed by atoms with Crippen molar-refractivity contribution in [2.45, 2.75) is 40.5 Å². The third-order valence-electron chi connectivity index (χ3n) is 5.08. The molecule has 1 aliphatic carbocycles. The normalized spacial score (nSPS) is 28.4. The van der Waals surface area contributed by atoms with Crippen molar-refractivity contribution >= 4 is 11.7 Å². The Morgan fingerprint density at radius 1 is 1.19 bits per heavy atom. The van der Waals surface area contributed by atoms with Crippen molar-refractivity contribution in [1.82, 2.24) is 4.90 Å². The van der Waals surface area contributed by atoms with Crippen molar-refractivity contribution < 1.29 is 9.59 Å². The summed E-state index contributed by atoms with van der Waals surface area (Å²) in [4.78, 5) is 24.7. The Labute approximate surface area is 97.2 Å². The van der Waals surface area contributed by atoms with Gasteiger partial charge in [0.25, 0.3) is 0 Å². The smallest absolute Gasteiger partial charge is 0.230 e. The van der Waals surface area contributed by atoms with Crippen molar-refractivity contribution in [2.75, 3.05) is 13.1 Å². The van der Waals surface area contributed by atoms with E-state index in [0.29, 0.717) is 29.7 Å². The van der Waals surface area contributed by atoms with Crippen LogP contribution in [0.3, 0.4) is 0 Å². The van der Waals surface area contributed by atoms with Crippen molar-refractivity contribution in [1.29, 1.82) is 0 Å². The molecule has 0 atom stereocenters. The summed E-state index contributed by atoms with van der Waals surface area (Å²) in [6.45, 7) is 10.5. The number of carbonyl (C=O) groups is 2. The molecule has 2 rings (SSSR count). The molecule has 0 aromatic rings. The Kier molecular flexibility index (Phi) is 2.41. The topological polar surface area (TPSA) is 37.4 Å². The van der Waals surface area contributed by atoms with E-state index in [0.717, 1.165) is 6.54 Å². The summed E-state index contributed by atoms with van der Waals surface area (Å²) in [6.07, 6.45) is 0.660. The number of rotatable bonds is 2. The van der Waals surface area contributed by atoms with E-state index in [2.05, 4.69) is 27.7 Å². The largest absolute Gasteiger partial charge is 0.342 e. The van der Waals surface area contributed by atoms with E-state index in [9.17, 15) is 9.59 Å². The minimum atomic E-state index is 0.0229. The van der Waals surface area contributed by atoms with Gasteiger partial charge in [-0.25, -0.2) is 0 Å². The molecule has 0 N–H and O–H groups in total.